The quantitative estimate of drug-likeness (QED) is 0.844. The molecule has 0 radical (unpaired) electrons. The van der Waals surface area contributed by atoms with Gasteiger partial charge in [-0.05, 0) is 19.3 Å². The van der Waals surface area contributed by atoms with Gasteiger partial charge in [-0.15, -0.1) is 0 Å². The first kappa shape index (κ1) is 16.0. The van der Waals surface area contributed by atoms with Crippen molar-refractivity contribution in [1.29, 1.82) is 0 Å². The number of rotatable bonds is 5. The maximum Gasteiger partial charge on any atom is 0.268 e. The lowest BCUT2D eigenvalue weighted by Gasteiger charge is -2.34. The van der Waals surface area contributed by atoms with Gasteiger partial charge in [-0.25, -0.2) is 4.68 Å². The van der Waals surface area contributed by atoms with E-state index in [0.29, 0.717) is 19.7 Å². The summed E-state index contributed by atoms with van der Waals surface area (Å²) in [4.78, 5) is 25.7. The summed E-state index contributed by atoms with van der Waals surface area (Å²) in [5.74, 6) is 0.154. The van der Waals surface area contributed by atoms with E-state index in [-0.39, 0.29) is 23.0 Å². The number of hydrogen-bond acceptors (Lipinski definition) is 5. The molecule has 1 saturated carbocycles. The Morgan fingerprint density at radius 2 is 2.30 bits per heavy atom. The predicted octanol–water partition coefficient (Wildman–Crippen LogP) is 0.292. The van der Waals surface area contributed by atoms with Gasteiger partial charge in [-0.2, -0.15) is 5.10 Å². The molecule has 1 atom stereocenters. The van der Waals surface area contributed by atoms with Crippen molar-refractivity contribution in [3.63, 3.8) is 0 Å². The second-order valence-corrected chi connectivity index (χ2v) is 6.72. The zero-order valence-corrected chi connectivity index (χ0v) is 13.7. The molecule has 3 rings (SSSR count). The van der Waals surface area contributed by atoms with Crippen molar-refractivity contribution in [3.05, 3.63) is 22.6 Å². The Balaban J connectivity index is 1.50. The van der Waals surface area contributed by atoms with Crippen molar-refractivity contribution in [3.8, 4) is 0 Å². The average Bonchev–Trinajstić information content (AvgIpc) is 3.29. The second kappa shape index (κ2) is 6.31. The number of nitrogens with zero attached hydrogens (tertiary/aromatic N) is 3. The van der Waals surface area contributed by atoms with E-state index < -0.39 is 0 Å². The monoisotopic (exact) mass is 320 g/mol. The predicted molar refractivity (Wildman–Crippen MR) is 86.4 cm³/mol. The molecule has 2 heterocycles. The number of nitrogens with one attached hydrogen (secondary N) is 1. The second-order valence-electron chi connectivity index (χ2n) is 6.72. The Hall–Kier alpha value is -1.89. The van der Waals surface area contributed by atoms with Gasteiger partial charge in [0.1, 0.15) is 0 Å². The van der Waals surface area contributed by atoms with Crippen LogP contribution in [0.1, 0.15) is 26.2 Å². The smallest absolute Gasteiger partial charge is 0.268 e. The van der Waals surface area contributed by atoms with Crippen molar-refractivity contribution in [2.45, 2.75) is 32.3 Å². The van der Waals surface area contributed by atoms with Gasteiger partial charge in [0.05, 0.1) is 24.6 Å². The Bertz CT molecular complexity index is 638. The third-order valence-corrected chi connectivity index (χ3v) is 4.76. The molecule has 2 fully saturated rings. The number of anilines is 1. The van der Waals surface area contributed by atoms with Gasteiger partial charge in [0.25, 0.3) is 5.56 Å². The SMILES string of the molecule is Cn1ncc(N2CCOC(CCNC(=O)C3(C)CC3)C2)cc1=O. The van der Waals surface area contributed by atoms with Gasteiger partial charge in [-0.1, -0.05) is 6.92 Å². The molecule has 7 nitrogen and oxygen atoms in total. The zero-order valence-electron chi connectivity index (χ0n) is 13.7. The molecule has 23 heavy (non-hydrogen) atoms. The van der Waals surface area contributed by atoms with E-state index in [9.17, 15) is 9.59 Å². The standard InChI is InChI=1S/C16H24N4O3/c1-16(4-5-16)15(22)17-6-3-13-11-20(7-8-23-13)12-9-14(21)19(2)18-10-12/h9-10,13H,3-8,11H2,1-2H3,(H,17,22). The maximum atomic E-state index is 11.9. The van der Waals surface area contributed by atoms with Crippen LogP contribution >= 0.6 is 0 Å². The van der Waals surface area contributed by atoms with Crippen LogP contribution in [0.5, 0.6) is 0 Å². The van der Waals surface area contributed by atoms with Gasteiger partial charge >= 0.3 is 0 Å². The average molecular weight is 320 g/mol. The highest BCUT2D eigenvalue weighted by molar-refractivity contribution is 5.84. The summed E-state index contributed by atoms with van der Waals surface area (Å²) in [6, 6.07) is 1.60. The summed E-state index contributed by atoms with van der Waals surface area (Å²) in [6.07, 6.45) is 4.52. The lowest BCUT2D eigenvalue weighted by molar-refractivity contribution is -0.125. The summed E-state index contributed by atoms with van der Waals surface area (Å²) in [6.45, 7) is 4.70. The Labute approximate surface area is 135 Å². The lowest BCUT2D eigenvalue weighted by atomic mass is 10.1. The highest BCUT2D eigenvalue weighted by Gasteiger charge is 2.44. The number of amides is 1. The number of morpholine rings is 1. The molecule has 1 aliphatic heterocycles. The Morgan fingerprint density at radius 3 is 3.00 bits per heavy atom. The molecular weight excluding hydrogens is 296 g/mol. The molecule has 0 spiro atoms. The topological polar surface area (TPSA) is 76.5 Å². The van der Waals surface area contributed by atoms with Crippen molar-refractivity contribution >= 4 is 11.6 Å². The number of carbonyl (C=O) groups excluding carboxylic acids is 1. The molecule has 0 aromatic carbocycles. The minimum Gasteiger partial charge on any atom is -0.374 e. The van der Waals surface area contributed by atoms with Gasteiger partial charge in [-0.3, -0.25) is 9.59 Å². The molecular formula is C16H24N4O3. The molecule has 1 amide bonds. The van der Waals surface area contributed by atoms with Crippen LogP contribution in [-0.4, -0.2) is 48.0 Å². The minimum atomic E-state index is -0.130. The molecule has 126 valence electrons. The molecule has 7 heteroatoms. The number of hydrogen-bond donors (Lipinski definition) is 1. The molecule has 1 aromatic heterocycles. The summed E-state index contributed by atoms with van der Waals surface area (Å²) in [5.41, 5.74) is 0.585. The number of aryl methyl sites for hydroxylation is 1. The van der Waals surface area contributed by atoms with Crippen LogP contribution < -0.4 is 15.8 Å². The zero-order chi connectivity index (χ0) is 16.4. The van der Waals surface area contributed by atoms with Crippen LogP contribution in [0.25, 0.3) is 0 Å². The third kappa shape index (κ3) is 3.72. The van der Waals surface area contributed by atoms with Gasteiger partial charge in [0.2, 0.25) is 5.91 Å². The van der Waals surface area contributed by atoms with Crippen LogP contribution in [0.15, 0.2) is 17.1 Å². The molecule has 0 bridgehead atoms. The van der Waals surface area contributed by atoms with Gasteiger partial charge in [0, 0.05) is 38.2 Å². The normalized spacial score (nSPS) is 22.7. The number of carbonyl (C=O) groups is 1. The lowest BCUT2D eigenvalue weighted by Crippen LogP contribution is -2.44. The first-order valence-electron chi connectivity index (χ1n) is 8.16. The fraction of sp³-hybridized carbons (Fsp3) is 0.688. The highest BCUT2D eigenvalue weighted by Crippen LogP contribution is 2.44. The molecule has 1 N–H and O–H groups in total. The van der Waals surface area contributed by atoms with E-state index in [1.165, 1.54) is 4.68 Å². The summed E-state index contributed by atoms with van der Waals surface area (Å²) >= 11 is 0. The van der Waals surface area contributed by atoms with Gasteiger partial charge < -0.3 is 15.0 Å². The molecule has 1 saturated heterocycles. The number of ether oxygens (including phenoxy) is 1. The van der Waals surface area contributed by atoms with Crippen LogP contribution in [0, 0.1) is 5.41 Å². The van der Waals surface area contributed by atoms with Crippen LogP contribution in [-0.2, 0) is 16.6 Å². The first-order chi connectivity index (χ1) is 11.0. The van der Waals surface area contributed by atoms with E-state index in [2.05, 4.69) is 15.3 Å². The summed E-state index contributed by atoms with van der Waals surface area (Å²) in [7, 11) is 1.64. The van der Waals surface area contributed by atoms with E-state index in [1.807, 2.05) is 6.92 Å². The van der Waals surface area contributed by atoms with Gasteiger partial charge in [0.15, 0.2) is 0 Å². The Kier molecular flexibility index (Phi) is 4.39. The minimum absolute atomic E-state index is 0.0557. The van der Waals surface area contributed by atoms with E-state index in [1.54, 1.807) is 19.3 Å². The van der Waals surface area contributed by atoms with Crippen molar-refractivity contribution in [2.24, 2.45) is 12.5 Å². The highest BCUT2D eigenvalue weighted by atomic mass is 16.5. The Morgan fingerprint density at radius 1 is 1.52 bits per heavy atom. The molecule has 2 aliphatic rings. The van der Waals surface area contributed by atoms with Crippen LogP contribution in [0.4, 0.5) is 5.69 Å². The fourth-order valence-corrected chi connectivity index (χ4v) is 2.74. The van der Waals surface area contributed by atoms with E-state index in [0.717, 1.165) is 31.5 Å². The maximum absolute atomic E-state index is 11.9. The van der Waals surface area contributed by atoms with Crippen molar-refractivity contribution in [1.82, 2.24) is 15.1 Å². The van der Waals surface area contributed by atoms with Crippen LogP contribution in [0.3, 0.4) is 0 Å². The molecule has 1 aromatic rings. The van der Waals surface area contributed by atoms with Crippen molar-refractivity contribution in [2.75, 3.05) is 31.1 Å². The summed E-state index contributed by atoms with van der Waals surface area (Å²) in [5, 5.41) is 7.06. The number of aromatic nitrogens is 2. The molecule has 1 aliphatic carbocycles. The van der Waals surface area contributed by atoms with E-state index in [4.69, 9.17) is 4.74 Å². The molecule has 1 unspecified atom stereocenters. The third-order valence-electron chi connectivity index (χ3n) is 4.76. The summed E-state index contributed by atoms with van der Waals surface area (Å²) < 4.78 is 7.08. The largest absolute Gasteiger partial charge is 0.374 e. The van der Waals surface area contributed by atoms with Crippen molar-refractivity contribution < 1.29 is 9.53 Å². The van der Waals surface area contributed by atoms with E-state index >= 15 is 0 Å². The van der Waals surface area contributed by atoms with Crippen LogP contribution in [0.2, 0.25) is 0 Å². The first-order valence-corrected chi connectivity index (χ1v) is 8.16. The fourth-order valence-electron chi connectivity index (χ4n) is 2.74.